The Morgan fingerprint density at radius 2 is 2.11 bits per heavy atom. The Bertz CT molecular complexity index is 452. The third kappa shape index (κ3) is 3.64. The maximum atomic E-state index is 12.5. The van der Waals surface area contributed by atoms with E-state index in [9.17, 15) is 13.2 Å². The smallest absolute Gasteiger partial charge is 0.417 e. The van der Waals surface area contributed by atoms with Crippen LogP contribution in [0.1, 0.15) is 18.1 Å². The summed E-state index contributed by atoms with van der Waals surface area (Å²) in [6.07, 6.45) is -4.72. The van der Waals surface area contributed by atoms with Crippen LogP contribution in [0.15, 0.2) is 18.2 Å². The zero-order valence-electron chi connectivity index (χ0n) is 10.0. The minimum Gasteiger partial charge on any atom is -0.489 e. The van der Waals surface area contributed by atoms with Gasteiger partial charge in [0, 0.05) is 6.54 Å². The summed E-state index contributed by atoms with van der Waals surface area (Å²) >= 11 is 0. The maximum absolute atomic E-state index is 12.5. The largest absolute Gasteiger partial charge is 0.489 e. The summed E-state index contributed by atoms with van der Waals surface area (Å²) in [6, 6.07) is 4.72. The third-order valence-electron chi connectivity index (χ3n) is 2.25. The van der Waals surface area contributed by atoms with Crippen LogP contribution in [-0.2, 0) is 6.18 Å². The molecule has 1 N–H and O–H groups in total. The molecule has 1 rings (SSSR count). The van der Waals surface area contributed by atoms with Crippen molar-refractivity contribution in [1.82, 2.24) is 5.32 Å². The second-order valence-corrected chi connectivity index (χ2v) is 3.80. The van der Waals surface area contributed by atoms with Crippen LogP contribution in [-0.4, -0.2) is 19.7 Å². The molecular formula is C12H13F3N2O. The highest BCUT2D eigenvalue weighted by Crippen LogP contribution is 2.33. The van der Waals surface area contributed by atoms with Gasteiger partial charge in [-0.25, -0.2) is 0 Å². The number of nitriles is 1. The van der Waals surface area contributed by atoms with Crippen LogP contribution in [0.5, 0.6) is 5.75 Å². The molecule has 0 aliphatic rings. The van der Waals surface area contributed by atoms with Crippen LogP contribution in [0.3, 0.4) is 0 Å². The van der Waals surface area contributed by atoms with E-state index in [1.165, 1.54) is 12.1 Å². The van der Waals surface area contributed by atoms with Gasteiger partial charge in [0.25, 0.3) is 0 Å². The molecule has 3 nitrogen and oxygen atoms in total. The minimum atomic E-state index is -4.53. The Morgan fingerprint density at radius 3 is 2.61 bits per heavy atom. The van der Waals surface area contributed by atoms with E-state index in [4.69, 9.17) is 10.00 Å². The normalized spacial score (nSPS) is 12.9. The Balaban J connectivity index is 2.97. The summed E-state index contributed by atoms with van der Waals surface area (Å²) in [5.74, 6) is 0.252. The summed E-state index contributed by atoms with van der Waals surface area (Å²) in [5, 5.41) is 11.6. The molecule has 0 amide bonds. The van der Waals surface area contributed by atoms with Gasteiger partial charge in [-0.05, 0) is 32.2 Å². The summed E-state index contributed by atoms with van der Waals surface area (Å²) < 4.78 is 43.0. The monoisotopic (exact) mass is 258 g/mol. The SMILES string of the molecule is CNCC(C)Oc1ccc(C(F)(F)F)c(C#N)c1. The molecule has 6 heteroatoms. The van der Waals surface area contributed by atoms with E-state index in [1.54, 1.807) is 14.0 Å². The molecule has 0 saturated carbocycles. The number of alkyl halides is 3. The highest BCUT2D eigenvalue weighted by Gasteiger charge is 2.33. The first kappa shape index (κ1) is 14.3. The average Bonchev–Trinajstić information content (AvgIpc) is 2.27. The zero-order valence-corrected chi connectivity index (χ0v) is 10.0. The van der Waals surface area contributed by atoms with E-state index in [0.29, 0.717) is 6.54 Å². The summed E-state index contributed by atoms with van der Waals surface area (Å²) in [4.78, 5) is 0. The molecule has 1 aromatic carbocycles. The Labute approximate surface area is 103 Å². The van der Waals surface area contributed by atoms with Crippen LogP contribution in [0.25, 0.3) is 0 Å². The lowest BCUT2D eigenvalue weighted by Crippen LogP contribution is -2.26. The van der Waals surface area contributed by atoms with Gasteiger partial charge in [-0.3, -0.25) is 0 Å². The van der Waals surface area contributed by atoms with Crippen molar-refractivity contribution in [1.29, 1.82) is 5.26 Å². The van der Waals surface area contributed by atoms with Gasteiger partial charge in [0.15, 0.2) is 0 Å². The van der Waals surface area contributed by atoms with E-state index < -0.39 is 17.3 Å². The Morgan fingerprint density at radius 1 is 1.44 bits per heavy atom. The molecule has 1 aromatic rings. The van der Waals surface area contributed by atoms with Crippen LogP contribution >= 0.6 is 0 Å². The van der Waals surface area contributed by atoms with Crippen molar-refractivity contribution in [2.24, 2.45) is 0 Å². The quantitative estimate of drug-likeness (QED) is 0.902. The molecule has 0 bridgehead atoms. The van der Waals surface area contributed by atoms with E-state index >= 15 is 0 Å². The van der Waals surface area contributed by atoms with E-state index in [2.05, 4.69) is 5.32 Å². The van der Waals surface area contributed by atoms with Crippen molar-refractivity contribution >= 4 is 0 Å². The predicted molar refractivity (Wildman–Crippen MR) is 60.2 cm³/mol. The first-order chi connectivity index (χ1) is 8.38. The first-order valence-corrected chi connectivity index (χ1v) is 5.31. The third-order valence-corrected chi connectivity index (χ3v) is 2.25. The molecule has 0 heterocycles. The molecule has 0 fully saturated rings. The number of halogens is 3. The standard InChI is InChI=1S/C12H13F3N2O/c1-8(7-17-2)18-10-3-4-11(12(13,14)15)9(5-10)6-16/h3-5,8,17H,7H2,1-2H3. The molecular weight excluding hydrogens is 245 g/mol. The van der Waals surface area contributed by atoms with Gasteiger partial charge >= 0.3 is 6.18 Å². The summed E-state index contributed by atoms with van der Waals surface area (Å²) in [6.45, 7) is 2.34. The fourth-order valence-corrected chi connectivity index (χ4v) is 1.50. The number of nitrogens with zero attached hydrogens (tertiary/aromatic N) is 1. The zero-order chi connectivity index (χ0) is 13.8. The first-order valence-electron chi connectivity index (χ1n) is 5.31. The molecule has 1 unspecified atom stereocenters. The fraction of sp³-hybridized carbons (Fsp3) is 0.417. The minimum absolute atomic E-state index is 0.196. The van der Waals surface area contributed by atoms with Gasteiger partial charge in [-0.15, -0.1) is 0 Å². The van der Waals surface area contributed by atoms with Gasteiger partial charge in [0.05, 0.1) is 17.2 Å². The van der Waals surface area contributed by atoms with Gasteiger partial charge < -0.3 is 10.1 Å². The highest BCUT2D eigenvalue weighted by atomic mass is 19.4. The molecule has 0 aliphatic carbocycles. The number of nitrogens with one attached hydrogen (secondary N) is 1. The Hall–Kier alpha value is -1.74. The van der Waals surface area contributed by atoms with Crippen molar-refractivity contribution in [3.63, 3.8) is 0 Å². The van der Waals surface area contributed by atoms with Gasteiger partial charge in [-0.1, -0.05) is 0 Å². The molecule has 98 valence electrons. The fourth-order valence-electron chi connectivity index (χ4n) is 1.50. The number of likely N-dealkylation sites (N-methyl/N-ethyl adjacent to an activating group) is 1. The van der Waals surface area contributed by atoms with E-state index in [0.717, 1.165) is 12.1 Å². The number of hydrogen-bond donors (Lipinski definition) is 1. The van der Waals surface area contributed by atoms with Crippen molar-refractivity contribution in [2.75, 3.05) is 13.6 Å². The topological polar surface area (TPSA) is 45.0 Å². The summed E-state index contributed by atoms with van der Waals surface area (Å²) in [7, 11) is 1.74. The van der Waals surface area contributed by atoms with Crippen LogP contribution in [0.2, 0.25) is 0 Å². The molecule has 0 saturated heterocycles. The van der Waals surface area contributed by atoms with Crippen molar-refractivity contribution < 1.29 is 17.9 Å². The van der Waals surface area contributed by atoms with Crippen LogP contribution in [0.4, 0.5) is 13.2 Å². The second-order valence-electron chi connectivity index (χ2n) is 3.80. The van der Waals surface area contributed by atoms with Crippen molar-refractivity contribution in [3.05, 3.63) is 29.3 Å². The molecule has 0 radical (unpaired) electrons. The number of rotatable bonds is 4. The lowest BCUT2D eigenvalue weighted by molar-refractivity contribution is -0.137. The Kier molecular flexibility index (Phi) is 4.56. The lowest BCUT2D eigenvalue weighted by Gasteiger charge is -2.15. The lowest BCUT2D eigenvalue weighted by atomic mass is 10.1. The van der Waals surface area contributed by atoms with E-state index in [1.807, 2.05) is 0 Å². The molecule has 0 aliphatic heterocycles. The number of hydrogen-bond acceptors (Lipinski definition) is 3. The molecule has 1 atom stereocenters. The molecule has 18 heavy (non-hydrogen) atoms. The maximum Gasteiger partial charge on any atom is 0.417 e. The number of ether oxygens (including phenoxy) is 1. The summed E-state index contributed by atoms with van der Waals surface area (Å²) in [5.41, 5.74) is -1.38. The van der Waals surface area contributed by atoms with Crippen LogP contribution < -0.4 is 10.1 Å². The average molecular weight is 258 g/mol. The van der Waals surface area contributed by atoms with Gasteiger partial charge in [0.1, 0.15) is 11.9 Å². The van der Waals surface area contributed by atoms with Crippen LogP contribution in [0, 0.1) is 11.3 Å². The van der Waals surface area contributed by atoms with Gasteiger partial charge in [0.2, 0.25) is 0 Å². The number of benzene rings is 1. The van der Waals surface area contributed by atoms with Crippen molar-refractivity contribution in [3.8, 4) is 11.8 Å². The van der Waals surface area contributed by atoms with Crippen molar-refractivity contribution in [2.45, 2.75) is 19.2 Å². The highest BCUT2D eigenvalue weighted by molar-refractivity contribution is 5.44. The molecule has 0 spiro atoms. The molecule has 0 aromatic heterocycles. The predicted octanol–water partition coefficient (Wildman–Crippen LogP) is 2.56. The second kappa shape index (κ2) is 5.74. The van der Waals surface area contributed by atoms with Gasteiger partial charge in [-0.2, -0.15) is 18.4 Å². The van der Waals surface area contributed by atoms with E-state index in [-0.39, 0.29) is 11.9 Å².